The predicted molar refractivity (Wildman–Crippen MR) is 57.4 cm³/mol. The Morgan fingerprint density at radius 2 is 1.69 bits per heavy atom. The fourth-order valence-electron chi connectivity index (χ4n) is 2.05. The minimum absolute atomic E-state index is 0.254. The number of halogens is 3. The summed E-state index contributed by atoms with van der Waals surface area (Å²) in [6, 6.07) is 7.55. The maximum atomic E-state index is 12.4. The highest BCUT2D eigenvalue weighted by atomic mass is 19.4. The first-order valence-corrected chi connectivity index (χ1v) is 5.56. The van der Waals surface area contributed by atoms with E-state index in [1.165, 1.54) is 5.56 Å². The molecule has 0 spiro atoms. The highest BCUT2D eigenvalue weighted by molar-refractivity contribution is 5.31. The van der Waals surface area contributed by atoms with Crippen molar-refractivity contribution in [2.75, 3.05) is 0 Å². The fourth-order valence-corrected chi connectivity index (χ4v) is 2.05. The number of rotatable bonds is 2. The van der Waals surface area contributed by atoms with Crippen LogP contribution in [0.5, 0.6) is 0 Å². The van der Waals surface area contributed by atoms with Crippen molar-refractivity contribution < 1.29 is 13.2 Å². The molecule has 16 heavy (non-hydrogen) atoms. The number of hydrogen-bond acceptors (Lipinski definition) is 0. The Kier molecular flexibility index (Phi) is 2.72. The topological polar surface area (TPSA) is 0 Å². The fraction of sp³-hybridized carbons (Fsp3) is 0.538. The average molecular weight is 228 g/mol. The number of benzene rings is 1. The molecule has 0 radical (unpaired) electrons. The third-order valence-electron chi connectivity index (χ3n) is 3.24. The van der Waals surface area contributed by atoms with Crippen LogP contribution in [0.15, 0.2) is 24.3 Å². The van der Waals surface area contributed by atoms with E-state index in [2.05, 4.69) is 13.8 Å². The van der Waals surface area contributed by atoms with E-state index in [1.807, 2.05) is 24.3 Å². The van der Waals surface area contributed by atoms with E-state index in [-0.39, 0.29) is 12.3 Å². The Morgan fingerprint density at radius 3 is 2.06 bits per heavy atom. The number of alkyl halides is 3. The molecule has 0 N–H and O–H groups in total. The first-order valence-electron chi connectivity index (χ1n) is 5.56. The van der Waals surface area contributed by atoms with Gasteiger partial charge in [-0.05, 0) is 29.4 Å². The second-order valence-electron chi connectivity index (χ2n) is 4.81. The molecule has 0 aromatic heterocycles. The van der Waals surface area contributed by atoms with Crippen molar-refractivity contribution in [3.63, 3.8) is 0 Å². The third-order valence-corrected chi connectivity index (χ3v) is 3.24. The highest BCUT2D eigenvalue weighted by Gasteiger charge is 2.55. The summed E-state index contributed by atoms with van der Waals surface area (Å²) in [5.74, 6) is -0.995. The van der Waals surface area contributed by atoms with E-state index in [0.717, 1.165) is 5.56 Å². The lowest BCUT2D eigenvalue weighted by atomic mass is 10.00. The molecule has 0 aliphatic heterocycles. The average Bonchev–Trinajstić information content (AvgIpc) is 2.96. The first kappa shape index (κ1) is 11.5. The summed E-state index contributed by atoms with van der Waals surface area (Å²) in [6.07, 6.45) is -3.77. The standard InChI is InChI=1S/C13H15F3/c1-8(2)9-3-5-10(6-4-9)11-7-12(11)13(14,15)16/h3-6,8,11-12H,7H2,1-2H3. The maximum Gasteiger partial charge on any atom is 0.392 e. The van der Waals surface area contributed by atoms with Gasteiger partial charge in [0, 0.05) is 0 Å². The van der Waals surface area contributed by atoms with Gasteiger partial charge < -0.3 is 0 Å². The quantitative estimate of drug-likeness (QED) is 0.700. The summed E-state index contributed by atoms with van der Waals surface area (Å²) in [7, 11) is 0. The molecule has 2 atom stereocenters. The molecule has 0 nitrogen and oxygen atoms in total. The molecule has 0 heterocycles. The van der Waals surface area contributed by atoms with Gasteiger partial charge in [-0.2, -0.15) is 13.2 Å². The summed E-state index contributed by atoms with van der Waals surface area (Å²) in [6.45, 7) is 4.15. The van der Waals surface area contributed by atoms with Gasteiger partial charge in [0.15, 0.2) is 0 Å². The molecular weight excluding hydrogens is 213 g/mol. The van der Waals surface area contributed by atoms with E-state index in [0.29, 0.717) is 5.92 Å². The molecule has 1 aliphatic rings. The number of hydrogen-bond donors (Lipinski definition) is 0. The van der Waals surface area contributed by atoms with Crippen LogP contribution in [0.3, 0.4) is 0 Å². The molecule has 3 heteroatoms. The van der Waals surface area contributed by atoms with Crippen LogP contribution in [-0.4, -0.2) is 6.18 Å². The van der Waals surface area contributed by atoms with Crippen LogP contribution in [-0.2, 0) is 0 Å². The van der Waals surface area contributed by atoms with Gasteiger partial charge in [-0.15, -0.1) is 0 Å². The minimum atomic E-state index is -4.03. The molecular formula is C13H15F3. The largest absolute Gasteiger partial charge is 0.392 e. The first-order chi connectivity index (χ1) is 7.39. The molecule has 1 aromatic rings. The monoisotopic (exact) mass is 228 g/mol. The summed E-state index contributed by atoms with van der Waals surface area (Å²) in [5, 5.41) is 0. The predicted octanol–water partition coefficient (Wildman–Crippen LogP) is 4.48. The third kappa shape index (κ3) is 2.23. The van der Waals surface area contributed by atoms with Gasteiger partial charge >= 0.3 is 6.18 Å². The summed E-state index contributed by atoms with van der Waals surface area (Å²) < 4.78 is 37.2. The van der Waals surface area contributed by atoms with Gasteiger partial charge in [0.1, 0.15) is 0 Å². The Morgan fingerprint density at radius 1 is 1.12 bits per heavy atom. The van der Waals surface area contributed by atoms with Gasteiger partial charge in [-0.3, -0.25) is 0 Å². The lowest BCUT2D eigenvalue weighted by Gasteiger charge is -2.08. The van der Waals surface area contributed by atoms with Gasteiger partial charge in [-0.1, -0.05) is 38.1 Å². The van der Waals surface area contributed by atoms with Crippen molar-refractivity contribution in [1.29, 1.82) is 0 Å². The Bertz CT molecular complexity index is 362. The molecule has 1 fully saturated rings. The molecule has 2 unspecified atom stereocenters. The van der Waals surface area contributed by atoms with Crippen molar-refractivity contribution in [2.45, 2.75) is 38.3 Å². The minimum Gasteiger partial charge on any atom is -0.171 e. The van der Waals surface area contributed by atoms with Crippen molar-refractivity contribution in [3.05, 3.63) is 35.4 Å². The van der Waals surface area contributed by atoms with Crippen LogP contribution < -0.4 is 0 Å². The van der Waals surface area contributed by atoms with Gasteiger partial charge in [0.05, 0.1) is 5.92 Å². The normalized spacial score (nSPS) is 24.9. The molecule has 1 saturated carbocycles. The summed E-state index contributed by atoms with van der Waals surface area (Å²) in [5.41, 5.74) is 2.00. The lowest BCUT2D eigenvalue weighted by Crippen LogP contribution is -2.11. The van der Waals surface area contributed by atoms with Crippen molar-refractivity contribution >= 4 is 0 Å². The zero-order chi connectivity index (χ0) is 11.9. The summed E-state index contributed by atoms with van der Waals surface area (Å²) >= 11 is 0. The Labute approximate surface area is 93.5 Å². The van der Waals surface area contributed by atoms with Crippen LogP contribution in [0.4, 0.5) is 13.2 Å². The molecule has 1 aliphatic carbocycles. The van der Waals surface area contributed by atoms with Crippen LogP contribution >= 0.6 is 0 Å². The van der Waals surface area contributed by atoms with Crippen LogP contribution in [0.25, 0.3) is 0 Å². The van der Waals surface area contributed by atoms with Crippen molar-refractivity contribution in [1.82, 2.24) is 0 Å². The highest BCUT2D eigenvalue weighted by Crippen LogP contribution is 2.56. The van der Waals surface area contributed by atoms with E-state index in [9.17, 15) is 13.2 Å². The zero-order valence-electron chi connectivity index (χ0n) is 9.38. The van der Waals surface area contributed by atoms with Gasteiger partial charge in [0.25, 0.3) is 0 Å². The van der Waals surface area contributed by atoms with Crippen molar-refractivity contribution in [2.24, 2.45) is 5.92 Å². The second-order valence-corrected chi connectivity index (χ2v) is 4.81. The Hall–Kier alpha value is -0.990. The van der Waals surface area contributed by atoms with Gasteiger partial charge in [-0.25, -0.2) is 0 Å². The van der Waals surface area contributed by atoms with Crippen LogP contribution in [0, 0.1) is 5.92 Å². The Balaban J connectivity index is 2.08. The van der Waals surface area contributed by atoms with E-state index >= 15 is 0 Å². The van der Waals surface area contributed by atoms with Crippen molar-refractivity contribution in [3.8, 4) is 0 Å². The van der Waals surface area contributed by atoms with Crippen LogP contribution in [0.2, 0.25) is 0 Å². The maximum absolute atomic E-state index is 12.4. The zero-order valence-corrected chi connectivity index (χ0v) is 9.38. The molecule has 0 amide bonds. The van der Waals surface area contributed by atoms with E-state index in [4.69, 9.17) is 0 Å². The van der Waals surface area contributed by atoms with Crippen LogP contribution in [0.1, 0.15) is 43.2 Å². The molecule has 88 valence electrons. The summed E-state index contributed by atoms with van der Waals surface area (Å²) in [4.78, 5) is 0. The SMILES string of the molecule is CC(C)c1ccc(C2CC2C(F)(F)F)cc1. The molecule has 0 bridgehead atoms. The smallest absolute Gasteiger partial charge is 0.171 e. The van der Waals surface area contributed by atoms with Gasteiger partial charge in [0.2, 0.25) is 0 Å². The second kappa shape index (κ2) is 3.79. The van der Waals surface area contributed by atoms with E-state index in [1.54, 1.807) is 0 Å². The lowest BCUT2D eigenvalue weighted by molar-refractivity contribution is -0.148. The van der Waals surface area contributed by atoms with E-state index < -0.39 is 12.1 Å². The molecule has 1 aromatic carbocycles. The molecule has 2 rings (SSSR count). The molecule has 0 saturated heterocycles.